The third-order valence-corrected chi connectivity index (χ3v) is 2.99. The first-order valence-electron chi connectivity index (χ1n) is 6.01. The maximum Gasteiger partial charge on any atom is 0.213 e. The molecule has 3 aromatic heterocycles. The van der Waals surface area contributed by atoms with Crippen LogP contribution in [0.25, 0.3) is 22.2 Å². The van der Waals surface area contributed by atoms with E-state index in [9.17, 15) is 0 Å². The van der Waals surface area contributed by atoms with Gasteiger partial charge in [-0.15, -0.1) is 0 Å². The fourth-order valence-electron chi connectivity index (χ4n) is 1.98. The molecular formula is C15H13N3O. The average Bonchev–Trinajstić information content (AvgIpc) is 2.47. The van der Waals surface area contributed by atoms with Gasteiger partial charge in [0, 0.05) is 35.3 Å². The van der Waals surface area contributed by atoms with E-state index in [4.69, 9.17) is 4.74 Å². The van der Waals surface area contributed by atoms with Crippen LogP contribution >= 0.6 is 0 Å². The number of nitrogens with zero attached hydrogens (tertiary/aromatic N) is 3. The van der Waals surface area contributed by atoms with Crippen molar-refractivity contribution >= 4 is 11.0 Å². The van der Waals surface area contributed by atoms with Crippen molar-refractivity contribution in [1.82, 2.24) is 15.0 Å². The number of hydrogen-bond donors (Lipinski definition) is 0. The molecule has 19 heavy (non-hydrogen) atoms. The van der Waals surface area contributed by atoms with Crippen molar-refractivity contribution in [3.8, 4) is 17.0 Å². The summed E-state index contributed by atoms with van der Waals surface area (Å²) >= 11 is 0. The molecule has 0 radical (unpaired) electrons. The molecule has 0 aromatic carbocycles. The van der Waals surface area contributed by atoms with Crippen LogP contribution in [0.5, 0.6) is 5.88 Å². The predicted octanol–water partition coefficient (Wildman–Crippen LogP) is 3.01. The Balaban J connectivity index is 2.25. The third kappa shape index (κ3) is 2.12. The van der Waals surface area contributed by atoms with E-state index in [2.05, 4.69) is 15.0 Å². The first-order valence-corrected chi connectivity index (χ1v) is 6.01. The van der Waals surface area contributed by atoms with Crippen LogP contribution in [-0.4, -0.2) is 22.1 Å². The highest BCUT2D eigenvalue weighted by molar-refractivity contribution is 5.91. The fourth-order valence-corrected chi connectivity index (χ4v) is 1.98. The molecule has 0 bridgehead atoms. The molecule has 4 heteroatoms. The van der Waals surface area contributed by atoms with E-state index in [1.807, 2.05) is 43.5 Å². The Bertz CT molecular complexity index is 723. The number of pyridine rings is 3. The van der Waals surface area contributed by atoms with Gasteiger partial charge in [0.15, 0.2) is 0 Å². The molecule has 0 fully saturated rings. The summed E-state index contributed by atoms with van der Waals surface area (Å²) in [4.78, 5) is 13.1. The van der Waals surface area contributed by atoms with Crippen molar-refractivity contribution < 1.29 is 4.74 Å². The van der Waals surface area contributed by atoms with E-state index in [-0.39, 0.29) is 0 Å². The summed E-state index contributed by atoms with van der Waals surface area (Å²) in [5.41, 5.74) is 4.70. The summed E-state index contributed by atoms with van der Waals surface area (Å²) in [6, 6.07) is 9.69. The highest BCUT2D eigenvalue weighted by Gasteiger charge is 2.07. The molecule has 0 aliphatic heterocycles. The molecule has 4 nitrogen and oxygen atoms in total. The zero-order valence-electron chi connectivity index (χ0n) is 10.8. The number of aryl methyl sites for hydroxylation is 1. The molecule has 3 aromatic rings. The van der Waals surface area contributed by atoms with Crippen LogP contribution in [0.2, 0.25) is 0 Å². The second-order valence-electron chi connectivity index (χ2n) is 4.27. The normalized spacial score (nSPS) is 10.6. The first-order chi connectivity index (χ1) is 9.28. The number of hydrogen-bond acceptors (Lipinski definition) is 4. The number of aromatic nitrogens is 3. The van der Waals surface area contributed by atoms with Crippen molar-refractivity contribution in [2.24, 2.45) is 0 Å². The molecule has 0 aliphatic rings. The van der Waals surface area contributed by atoms with Crippen molar-refractivity contribution in [3.63, 3.8) is 0 Å². The van der Waals surface area contributed by atoms with Gasteiger partial charge in [-0.25, -0.2) is 4.98 Å². The van der Waals surface area contributed by atoms with Crippen LogP contribution in [-0.2, 0) is 0 Å². The standard InChI is InChI=1S/C15H13N3O/c1-10-3-4-11(9-17-10)12-7-8-16-13-5-6-14(19-2)18-15(12)13/h3-9H,1-2H3. The van der Waals surface area contributed by atoms with E-state index in [0.717, 1.165) is 27.9 Å². The van der Waals surface area contributed by atoms with Gasteiger partial charge in [0.1, 0.15) is 5.52 Å². The molecule has 0 saturated carbocycles. The molecule has 3 rings (SSSR count). The number of methoxy groups -OCH3 is 1. The largest absolute Gasteiger partial charge is 0.481 e. The molecule has 0 amide bonds. The number of rotatable bonds is 2. The summed E-state index contributed by atoms with van der Waals surface area (Å²) in [5, 5.41) is 0. The van der Waals surface area contributed by atoms with Gasteiger partial charge in [0.05, 0.1) is 12.6 Å². The quantitative estimate of drug-likeness (QED) is 0.702. The Morgan fingerprint density at radius 2 is 1.89 bits per heavy atom. The lowest BCUT2D eigenvalue weighted by Gasteiger charge is -2.07. The minimum Gasteiger partial charge on any atom is -0.481 e. The summed E-state index contributed by atoms with van der Waals surface area (Å²) in [6.45, 7) is 1.97. The van der Waals surface area contributed by atoms with Crippen LogP contribution in [0.1, 0.15) is 5.69 Å². The van der Waals surface area contributed by atoms with E-state index >= 15 is 0 Å². The second-order valence-corrected chi connectivity index (χ2v) is 4.27. The van der Waals surface area contributed by atoms with E-state index in [1.54, 1.807) is 13.3 Å². The van der Waals surface area contributed by atoms with E-state index in [0.29, 0.717) is 5.88 Å². The molecule has 0 atom stereocenters. The zero-order chi connectivity index (χ0) is 13.2. The van der Waals surface area contributed by atoms with Gasteiger partial charge in [-0.2, -0.15) is 0 Å². The maximum atomic E-state index is 5.18. The minimum absolute atomic E-state index is 0.585. The van der Waals surface area contributed by atoms with Gasteiger partial charge in [-0.1, -0.05) is 6.07 Å². The van der Waals surface area contributed by atoms with Crippen LogP contribution in [0, 0.1) is 6.92 Å². The molecule has 0 unspecified atom stereocenters. The topological polar surface area (TPSA) is 47.9 Å². The third-order valence-electron chi connectivity index (χ3n) is 2.99. The molecular weight excluding hydrogens is 238 g/mol. The van der Waals surface area contributed by atoms with E-state index in [1.165, 1.54) is 0 Å². The Labute approximate surface area is 111 Å². The summed E-state index contributed by atoms with van der Waals surface area (Å²) in [7, 11) is 1.61. The average molecular weight is 251 g/mol. The van der Waals surface area contributed by atoms with Gasteiger partial charge in [-0.05, 0) is 25.1 Å². The smallest absolute Gasteiger partial charge is 0.213 e. The van der Waals surface area contributed by atoms with Gasteiger partial charge >= 0.3 is 0 Å². The SMILES string of the molecule is COc1ccc2nccc(-c3ccc(C)nc3)c2n1. The number of ether oxygens (including phenoxy) is 1. The fraction of sp³-hybridized carbons (Fsp3) is 0.133. The second kappa shape index (κ2) is 4.65. The van der Waals surface area contributed by atoms with Crippen molar-refractivity contribution in [2.45, 2.75) is 6.92 Å². The predicted molar refractivity (Wildman–Crippen MR) is 74.1 cm³/mol. The highest BCUT2D eigenvalue weighted by atomic mass is 16.5. The van der Waals surface area contributed by atoms with E-state index < -0.39 is 0 Å². The lowest BCUT2D eigenvalue weighted by atomic mass is 10.1. The van der Waals surface area contributed by atoms with Crippen molar-refractivity contribution in [2.75, 3.05) is 7.11 Å². The summed E-state index contributed by atoms with van der Waals surface area (Å²) in [5.74, 6) is 0.585. The Hall–Kier alpha value is -2.49. The monoisotopic (exact) mass is 251 g/mol. The molecule has 94 valence electrons. The first kappa shape index (κ1) is 11.6. The highest BCUT2D eigenvalue weighted by Crippen LogP contribution is 2.26. The van der Waals surface area contributed by atoms with Crippen molar-refractivity contribution in [1.29, 1.82) is 0 Å². The summed E-state index contributed by atoms with van der Waals surface area (Å²) in [6.07, 6.45) is 3.64. The van der Waals surface area contributed by atoms with Gasteiger partial charge in [0.25, 0.3) is 0 Å². The maximum absolute atomic E-state index is 5.18. The lowest BCUT2D eigenvalue weighted by molar-refractivity contribution is 0.399. The molecule has 0 spiro atoms. The molecule has 3 heterocycles. The molecule has 0 N–H and O–H groups in total. The van der Waals surface area contributed by atoms with Crippen LogP contribution in [0.4, 0.5) is 0 Å². The molecule has 0 aliphatic carbocycles. The summed E-state index contributed by atoms with van der Waals surface area (Å²) < 4.78 is 5.18. The Morgan fingerprint density at radius 3 is 2.63 bits per heavy atom. The number of fused-ring (bicyclic) bond motifs is 1. The van der Waals surface area contributed by atoms with Crippen LogP contribution in [0.15, 0.2) is 42.7 Å². The molecule has 0 saturated heterocycles. The Kier molecular flexibility index (Phi) is 2.83. The Morgan fingerprint density at radius 1 is 1.00 bits per heavy atom. The minimum atomic E-state index is 0.585. The van der Waals surface area contributed by atoms with Gasteiger partial charge in [0.2, 0.25) is 5.88 Å². The van der Waals surface area contributed by atoms with Gasteiger partial charge < -0.3 is 4.74 Å². The lowest BCUT2D eigenvalue weighted by Crippen LogP contribution is -1.92. The van der Waals surface area contributed by atoms with Crippen LogP contribution < -0.4 is 4.74 Å². The van der Waals surface area contributed by atoms with Crippen LogP contribution in [0.3, 0.4) is 0 Å². The van der Waals surface area contributed by atoms with Gasteiger partial charge in [-0.3, -0.25) is 9.97 Å². The zero-order valence-corrected chi connectivity index (χ0v) is 10.8. The van der Waals surface area contributed by atoms with Crippen molar-refractivity contribution in [3.05, 3.63) is 48.4 Å².